The summed E-state index contributed by atoms with van der Waals surface area (Å²) in [4.78, 5) is 12.3. The van der Waals surface area contributed by atoms with Gasteiger partial charge in [0, 0.05) is 17.5 Å². The van der Waals surface area contributed by atoms with E-state index in [1.165, 1.54) is 0 Å². The third-order valence-corrected chi connectivity index (χ3v) is 3.59. The molecule has 1 aromatic carbocycles. The van der Waals surface area contributed by atoms with Gasteiger partial charge in [0.2, 0.25) is 0 Å². The van der Waals surface area contributed by atoms with Crippen LogP contribution in [0.2, 0.25) is 5.02 Å². The Morgan fingerprint density at radius 3 is 2.83 bits per heavy atom. The Bertz CT molecular complexity index is 851. The minimum atomic E-state index is -0.312. The second-order valence-corrected chi connectivity index (χ2v) is 5.57. The smallest absolute Gasteiger partial charge is 0.292 e. The van der Waals surface area contributed by atoms with Gasteiger partial charge < -0.3 is 9.73 Å². The van der Waals surface area contributed by atoms with Crippen molar-refractivity contribution in [3.63, 3.8) is 0 Å². The summed E-state index contributed by atoms with van der Waals surface area (Å²) >= 11 is 6.03. The minimum Gasteiger partial charge on any atom is -0.456 e. The van der Waals surface area contributed by atoms with Crippen molar-refractivity contribution >= 4 is 23.3 Å². The van der Waals surface area contributed by atoms with Crippen LogP contribution in [0, 0.1) is 6.92 Å². The van der Waals surface area contributed by atoms with E-state index in [-0.39, 0.29) is 11.7 Å². The van der Waals surface area contributed by atoms with Gasteiger partial charge in [-0.1, -0.05) is 24.6 Å². The number of benzene rings is 1. The summed E-state index contributed by atoms with van der Waals surface area (Å²) in [5, 5.41) is 7.83. The molecule has 0 aliphatic heterocycles. The fourth-order valence-electron chi connectivity index (χ4n) is 2.26. The van der Waals surface area contributed by atoms with Gasteiger partial charge in [0.05, 0.1) is 11.4 Å². The molecule has 0 radical (unpaired) electrons. The van der Waals surface area contributed by atoms with Crippen LogP contribution in [0.3, 0.4) is 0 Å². The molecule has 118 valence electrons. The van der Waals surface area contributed by atoms with Crippen LogP contribution >= 0.6 is 11.6 Å². The van der Waals surface area contributed by atoms with Gasteiger partial charge in [-0.3, -0.25) is 4.79 Å². The van der Waals surface area contributed by atoms with E-state index in [1.807, 2.05) is 26.0 Å². The van der Waals surface area contributed by atoms with E-state index in [9.17, 15) is 4.79 Å². The summed E-state index contributed by atoms with van der Waals surface area (Å²) in [5.41, 5.74) is 1.56. The highest BCUT2D eigenvalue weighted by atomic mass is 35.5. The molecule has 6 heteroatoms. The van der Waals surface area contributed by atoms with Gasteiger partial charge in [-0.2, -0.15) is 5.10 Å². The van der Waals surface area contributed by atoms with Crippen LogP contribution in [0.5, 0.6) is 0 Å². The Morgan fingerprint density at radius 2 is 2.13 bits per heavy atom. The van der Waals surface area contributed by atoms with Crippen molar-refractivity contribution in [3.05, 3.63) is 64.7 Å². The lowest BCUT2D eigenvalue weighted by Crippen LogP contribution is -2.14. The van der Waals surface area contributed by atoms with Crippen LogP contribution in [-0.2, 0) is 6.42 Å². The van der Waals surface area contributed by atoms with Crippen LogP contribution in [0.1, 0.15) is 28.9 Å². The Kier molecular flexibility index (Phi) is 4.21. The normalized spacial score (nSPS) is 10.7. The van der Waals surface area contributed by atoms with Gasteiger partial charge in [-0.15, -0.1) is 0 Å². The number of hydrogen-bond acceptors (Lipinski definition) is 3. The van der Waals surface area contributed by atoms with Gasteiger partial charge in [0.15, 0.2) is 5.76 Å². The molecule has 0 fully saturated rings. The van der Waals surface area contributed by atoms with Gasteiger partial charge in [0.1, 0.15) is 11.6 Å². The molecule has 2 aromatic heterocycles. The predicted molar refractivity (Wildman–Crippen MR) is 89.4 cm³/mol. The molecule has 1 N–H and O–H groups in total. The lowest BCUT2D eigenvalue weighted by Gasteiger charge is -2.08. The zero-order valence-electron chi connectivity index (χ0n) is 12.8. The number of hydrogen-bond donors (Lipinski definition) is 1. The summed E-state index contributed by atoms with van der Waals surface area (Å²) in [5.74, 6) is 1.30. The highest BCUT2D eigenvalue weighted by Crippen LogP contribution is 2.21. The quantitative estimate of drug-likeness (QED) is 0.778. The molecule has 3 rings (SSSR count). The van der Waals surface area contributed by atoms with E-state index in [0.717, 1.165) is 23.6 Å². The van der Waals surface area contributed by atoms with Gasteiger partial charge in [0.25, 0.3) is 5.91 Å². The van der Waals surface area contributed by atoms with Gasteiger partial charge in [-0.25, -0.2) is 4.68 Å². The number of furan rings is 1. The third kappa shape index (κ3) is 3.29. The van der Waals surface area contributed by atoms with E-state index in [0.29, 0.717) is 10.8 Å². The van der Waals surface area contributed by atoms with Crippen LogP contribution in [0.15, 0.2) is 46.9 Å². The maximum atomic E-state index is 12.3. The number of rotatable bonds is 4. The average Bonchev–Trinajstić information content (AvgIpc) is 3.14. The largest absolute Gasteiger partial charge is 0.456 e. The predicted octanol–water partition coefficient (Wildman–Crippen LogP) is 4.24. The van der Waals surface area contributed by atoms with Crippen LogP contribution in [0.4, 0.5) is 5.82 Å². The first-order valence-electron chi connectivity index (χ1n) is 7.29. The molecule has 1 amide bonds. The van der Waals surface area contributed by atoms with E-state index >= 15 is 0 Å². The first-order valence-corrected chi connectivity index (χ1v) is 7.67. The number of anilines is 1. The molecule has 0 atom stereocenters. The number of nitrogens with zero attached hydrogens (tertiary/aromatic N) is 2. The minimum absolute atomic E-state index is 0.276. The van der Waals surface area contributed by atoms with E-state index in [4.69, 9.17) is 16.0 Å². The molecule has 0 bridgehead atoms. The van der Waals surface area contributed by atoms with Crippen LogP contribution in [0.25, 0.3) is 5.69 Å². The number of halogens is 1. The van der Waals surface area contributed by atoms with Crippen LogP contribution < -0.4 is 5.32 Å². The Hall–Kier alpha value is -2.53. The number of aromatic nitrogens is 2. The number of nitrogens with one attached hydrogen (secondary N) is 1. The topological polar surface area (TPSA) is 60.1 Å². The Morgan fingerprint density at radius 1 is 1.30 bits per heavy atom. The molecule has 0 unspecified atom stereocenters. The standard InChI is InChI=1S/C17H16ClN3O2/c1-3-14-7-8-15(23-14)17(22)19-16-9-11(2)20-21(16)13-6-4-5-12(18)10-13/h4-10H,3H2,1-2H3,(H,19,22). The molecule has 5 nitrogen and oxygen atoms in total. The summed E-state index contributed by atoms with van der Waals surface area (Å²) in [6.07, 6.45) is 0.743. The summed E-state index contributed by atoms with van der Waals surface area (Å²) in [6, 6.07) is 12.5. The first kappa shape index (κ1) is 15.4. The molecule has 0 saturated heterocycles. The molecule has 0 saturated carbocycles. The zero-order valence-corrected chi connectivity index (χ0v) is 13.6. The lowest BCUT2D eigenvalue weighted by atomic mass is 10.3. The number of aryl methyl sites for hydroxylation is 2. The Balaban J connectivity index is 1.90. The monoisotopic (exact) mass is 329 g/mol. The van der Waals surface area contributed by atoms with Crippen molar-refractivity contribution in [3.8, 4) is 5.69 Å². The molecule has 2 heterocycles. The second-order valence-electron chi connectivity index (χ2n) is 5.14. The first-order chi connectivity index (χ1) is 11.1. The van der Waals surface area contributed by atoms with Crippen molar-refractivity contribution in [2.24, 2.45) is 0 Å². The van der Waals surface area contributed by atoms with E-state index in [2.05, 4.69) is 10.4 Å². The maximum Gasteiger partial charge on any atom is 0.292 e. The molecular formula is C17H16ClN3O2. The third-order valence-electron chi connectivity index (χ3n) is 3.36. The zero-order chi connectivity index (χ0) is 16.4. The fraction of sp³-hybridized carbons (Fsp3) is 0.176. The molecule has 0 aliphatic carbocycles. The molecular weight excluding hydrogens is 314 g/mol. The van der Waals surface area contributed by atoms with Crippen molar-refractivity contribution in [2.45, 2.75) is 20.3 Å². The van der Waals surface area contributed by atoms with E-state index < -0.39 is 0 Å². The van der Waals surface area contributed by atoms with Crippen molar-refractivity contribution in [1.82, 2.24) is 9.78 Å². The molecule has 0 spiro atoms. The van der Waals surface area contributed by atoms with Crippen molar-refractivity contribution < 1.29 is 9.21 Å². The van der Waals surface area contributed by atoms with Gasteiger partial charge >= 0.3 is 0 Å². The highest BCUT2D eigenvalue weighted by Gasteiger charge is 2.15. The number of carbonyl (C=O) groups is 1. The number of amides is 1. The summed E-state index contributed by atoms with van der Waals surface area (Å²) in [7, 11) is 0. The Labute approximate surface area is 138 Å². The fourth-order valence-corrected chi connectivity index (χ4v) is 2.45. The maximum absolute atomic E-state index is 12.3. The van der Waals surface area contributed by atoms with Gasteiger partial charge in [-0.05, 0) is 37.3 Å². The van der Waals surface area contributed by atoms with Crippen LogP contribution in [-0.4, -0.2) is 15.7 Å². The lowest BCUT2D eigenvalue weighted by molar-refractivity contribution is 0.0994. The van der Waals surface area contributed by atoms with Crippen molar-refractivity contribution in [2.75, 3.05) is 5.32 Å². The molecule has 23 heavy (non-hydrogen) atoms. The van der Waals surface area contributed by atoms with Crippen molar-refractivity contribution in [1.29, 1.82) is 0 Å². The highest BCUT2D eigenvalue weighted by molar-refractivity contribution is 6.30. The summed E-state index contributed by atoms with van der Waals surface area (Å²) in [6.45, 7) is 3.83. The SMILES string of the molecule is CCc1ccc(C(=O)Nc2cc(C)nn2-c2cccc(Cl)c2)o1. The number of carbonyl (C=O) groups excluding carboxylic acids is 1. The van der Waals surface area contributed by atoms with E-state index in [1.54, 1.807) is 35.0 Å². The molecule has 0 aliphatic rings. The summed E-state index contributed by atoms with van der Waals surface area (Å²) < 4.78 is 7.12. The average molecular weight is 330 g/mol. The molecule has 3 aromatic rings. The second kappa shape index (κ2) is 6.30.